The summed E-state index contributed by atoms with van der Waals surface area (Å²) in [7, 11) is 0. The molecule has 0 unspecified atom stereocenters. The van der Waals surface area contributed by atoms with Gasteiger partial charge in [0.2, 0.25) is 0 Å². The fraction of sp³-hybridized carbons (Fsp3) is 0.167. The van der Waals surface area contributed by atoms with Gasteiger partial charge in [-0.25, -0.2) is 0 Å². The summed E-state index contributed by atoms with van der Waals surface area (Å²) in [6.45, 7) is 4.33. The number of hydrogen-bond acceptors (Lipinski definition) is 1. The molecule has 0 saturated heterocycles. The SMILES string of the molecule is CC(C)c1ccc(/C(C#N)=C\c2ccccc2)cc1. The predicted molar refractivity (Wildman–Crippen MR) is 80.5 cm³/mol. The van der Waals surface area contributed by atoms with Gasteiger partial charge < -0.3 is 0 Å². The highest BCUT2D eigenvalue weighted by molar-refractivity contribution is 5.89. The number of benzene rings is 2. The average molecular weight is 247 g/mol. The summed E-state index contributed by atoms with van der Waals surface area (Å²) in [4.78, 5) is 0. The van der Waals surface area contributed by atoms with Gasteiger partial charge in [-0.3, -0.25) is 0 Å². The van der Waals surface area contributed by atoms with Gasteiger partial charge in [0, 0.05) is 0 Å². The van der Waals surface area contributed by atoms with Crippen molar-refractivity contribution >= 4 is 11.6 Å². The zero-order valence-electron chi connectivity index (χ0n) is 11.3. The van der Waals surface area contributed by atoms with E-state index >= 15 is 0 Å². The van der Waals surface area contributed by atoms with Crippen molar-refractivity contribution < 1.29 is 0 Å². The zero-order chi connectivity index (χ0) is 13.7. The Hall–Kier alpha value is -2.33. The summed E-state index contributed by atoms with van der Waals surface area (Å²) in [5.74, 6) is 0.512. The van der Waals surface area contributed by atoms with Crippen molar-refractivity contribution in [1.29, 1.82) is 5.26 Å². The molecule has 0 saturated carbocycles. The third-order valence-electron chi connectivity index (χ3n) is 3.12. The highest BCUT2D eigenvalue weighted by Gasteiger charge is 2.03. The minimum absolute atomic E-state index is 0.512. The Kier molecular flexibility index (Phi) is 4.15. The van der Waals surface area contributed by atoms with Crippen LogP contribution in [0.3, 0.4) is 0 Å². The third kappa shape index (κ3) is 3.33. The van der Waals surface area contributed by atoms with Crippen molar-refractivity contribution in [2.24, 2.45) is 0 Å². The Morgan fingerprint density at radius 2 is 1.63 bits per heavy atom. The first-order valence-electron chi connectivity index (χ1n) is 6.48. The first-order chi connectivity index (χ1) is 9.20. The minimum atomic E-state index is 0.512. The predicted octanol–water partition coefficient (Wildman–Crippen LogP) is 4.87. The van der Waals surface area contributed by atoms with E-state index in [1.807, 2.05) is 48.5 Å². The first-order valence-corrected chi connectivity index (χ1v) is 6.48. The molecule has 1 nitrogen and oxygen atoms in total. The largest absolute Gasteiger partial charge is 0.192 e. The van der Waals surface area contributed by atoms with Crippen LogP contribution in [0.15, 0.2) is 54.6 Å². The molecular formula is C18H17N. The number of hydrogen-bond donors (Lipinski definition) is 0. The molecule has 0 amide bonds. The van der Waals surface area contributed by atoms with Gasteiger partial charge in [0.25, 0.3) is 0 Å². The van der Waals surface area contributed by atoms with Gasteiger partial charge in [0.15, 0.2) is 0 Å². The fourth-order valence-electron chi connectivity index (χ4n) is 1.94. The van der Waals surface area contributed by atoms with Gasteiger partial charge in [-0.05, 0) is 28.7 Å². The number of nitrogens with zero attached hydrogens (tertiary/aromatic N) is 1. The summed E-state index contributed by atoms with van der Waals surface area (Å²) in [6, 6.07) is 20.4. The maximum Gasteiger partial charge on any atom is 0.0998 e. The van der Waals surface area contributed by atoms with E-state index in [1.54, 1.807) is 0 Å². The molecule has 2 rings (SSSR count). The van der Waals surface area contributed by atoms with Crippen LogP contribution in [0.2, 0.25) is 0 Å². The van der Waals surface area contributed by atoms with Crippen molar-refractivity contribution in [2.75, 3.05) is 0 Å². The van der Waals surface area contributed by atoms with E-state index in [0.717, 1.165) is 11.1 Å². The van der Waals surface area contributed by atoms with E-state index in [0.29, 0.717) is 11.5 Å². The average Bonchev–Trinajstić information content (AvgIpc) is 2.46. The molecule has 0 fully saturated rings. The van der Waals surface area contributed by atoms with Crippen LogP contribution in [0.25, 0.3) is 11.6 Å². The van der Waals surface area contributed by atoms with Crippen LogP contribution in [0, 0.1) is 11.3 Å². The number of allylic oxidation sites excluding steroid dienone is 1. The lowest BCUT2D eigenvalue weighted by Gasteiger charge is -2.06. The Morgan fingerprint density at radius 1 is 1.00 bits per heavy atom. The molecule has 0 radical (unpaired) electrons. The van der Waals surface area contributed by atoms with Crippen LogP contribution in [0.1, 0.15) is 36.5 Å². The van der Waals surface area contributed by atoms with Crippen LogP contribution in [0.4, 0.5) is 0 Å². The molecule has 2 aromatic carbocycles. The van der Waals surface area contributed by atoms with Crippen molar-refractivity contribution in [3.05, 3.63) is 71.3 Å². The van der Waals surface area contributed by atoms with Crippen LogP contribution in [0.5, 0.6) is 0 Å². The lowest BCUT2D eigenvalue weighted by Crippen LogP contribution is -1.88. The lowest BCUT2D eigenvalue weighted by molar-refractivity contribution is 0.866. The van der Waals surface area contributed by atoms with E-state index < -0.39 is 0 Å². The first kappa shape index (κ1) is 13.1. The maximum atomic E-state index is 9.30. The quantitative estimate of drug-likeness (QED) is 0.560. The molecule has 94 valence electrons. The molecule has 0 aromatic heterocycles. The lowest BCUT2D eigenvalue weighted by atomic mass is 9.98. The third-order valence-corrected chi connectivity index (χ3v) is 3.12. The molecule has 19 heavy (non-hydrogen) atoms. The Morgan fingerprint density at radius 3 is 2.16 bits per heavy atom. The summed E-state index contributed by atoms with van der Waals surface area (Å²) < 4.78 is 0. The van der Waals surface area contributed by atoms with Gasteiger partial charge in [-0.2, -0.15) is 5.26 Å². The molecule has 0 aliphatic heterocycles. The number of nitriles is 1. The monoisotopic (exact) mass is 247 g/mol. The van der Waals surface area contributed by atoms with Gasteiger partial charge in [0.1, 0.15) is 0 Å². The maximum absolute atomic E-state index is 9.30. The minimum Gasteiger partial charge on any atom is -0.192 e. The summed E-state index contributed by atoms with van der Waals surface area (Å²) in [6.07, 6.45) is 1.92. The van der Waals surface area contributed by atoms with Crippen molar-refractivity contribution in [3.8, 4) is 6.07 Å². The molecule has 0 spiro atoms. The summed E-state index contributed by atoms with van der Waals surface area (Å²) in [5, 5.41) is 9.30. The molecule has 0 atom stereocenters. The molecule has 2 aromatic rings. The second kappa shape index (κ2) is 6.02. The molecule has 0 aliphatic rings. The topological polar surface area (TPSA) is 23.8 Å². The second-order valence-corrected chi connectivity index (χ2v) is 4.86. The normalized spacial score (nSPS) is 11.4. The van der Waals surface area contributed by atoms with Crippen molar-refractivity contribution in [3.63, 3.8) is 0 Å². The molecular weight excluding hydrogens is 230 g/mol. The Bertz CT molecular complexity index is 598. The Labute approximate surface area is 114 Å². The van der Waals surface area contributed by atoms with E-state index in [1.165, 1.54) is 5.56 Å². The highest BCUT2D eigenvalue weighted by atomic mass is 14.2. The second-order valence-electron chi connectivity index (χ2n) is 4.86. The highest BCUT2D eigenvalue weighted by Crippen LogP contribution is 2.21. The van der Waals surface area contributed by atoms with E-state index in [9.17, 15) is 5.26 Å². The van der Waals surface area contributed by atoms with E-state index in [-0.39, 0.29) is 0 Å². The van der Waals surface area contributed by atoms with E-state index in [4.69, 9.17) is 0 Å². The van der Waals surface area contributed by atoms with Gasteiger partial charge >= 0.3 is 0 Å². The van der Waals surface area contributed by atoms with Crippen LogP contribution in [-0.2, 0) is 0 Å². The van der Waals surface area contributed by atoms with E-state index in [2.05, 4.69) is 32.0 Å². The molecule has 0 aliphatic carbocycles. The summed E-state index contributed by atoms with van der Waals surface area (Å²) >= 11 is 0. The molecule has 0 bridgehead atoms. The van der Waals surface area contributed by atoms with Crippen LogP contribution < -0.4 is 0 Å². The van der Waals surface area contributed by atoms with Crippen LogP contribution in [-0.4, -0.2) is 0 Å². The zero-order valence-corrected chi connectivity index (χ0v) is 11.3. The fourth-order valence-corrected chi connectivity index (χ4v) is 1.94. The Balaban J connectivity index is 2.33. The van der Waals surface area contributed by atoms with Crippen molar-refractivity contribution in [1.82, 2.24) is 0 Å². The smallest absolute Gasteiger partial charge is 0.0998 e. The van der Waals surface area contributed by atoms with Crippen molar-refractivity contribution in [2.45, 2.75) is 19.8 Å². The molecule has 0 N–H and O–H groups in total. The number of rotatable bonds is 3. The van der Waals surface area contributed by atoms with Gasteiger partial charge in [0.05, 0.1) is 11.6 Å². The van der Waals surface area contributed by atoms with Crippen LogP contribution >= 0.6 is 0 Å². The standard InChI is InChI=1S/C18H17N/c1-14(2)16-8-10-17(11-9-16)18(13-19)12-15-6-4-3-5-7-15/h3-12,14H,1-2H3/b18-12-. The summed E-state index contributed by atoms with van der Waals surface area (Å²) in [5.41, 5.74) is 4.00. The van der Waals surface area contributed by atoms with Gasteiger partial charge in [-0.15, -0.1) is 0 Å². The van der Waals surface area contributed by atoms with Gasteiger partial charge in [-0.1, -0.05) is 68.4 Å². The molecule has 1 heteroatoms. The molecule has 0 heterocycles.